The van der Waals surface area contributed by atoms with Crippen molar-refractivity contribution in [2.45, 2.75) is 12.3 Å². The molecule has 0 saturated heterocycles. The van der Waals surface area contributed by atoms with Crippen LogP contribution in [0.2, 0.25) is 0 Å². The summed E-state index contributed by atoms with van der Waals surface area (Å²) in [5.41, 5.74) is 0. The van der Waals surface area contributed by atoms with Crippen LogP contribution in [0.3, 0.4) is 0 Å². The second-order valence-electron chi connectivity index (χ2n) is 2.23. The van der Waals surface area contributed by atoms with Crippen molar-refractivity contribution in [1.29, 1.82) is 0 Å². The summed E-state index contributed by atoms with van der Waals surface area (Å²) in [6.45, 7) is 0. The number of rotatable bonds is 5. The normalized spacial score (nSPS) is 14.4. The number of alkyl halides is 5. The summed E-state index contributed by atoms with van der Waals surface area (Å²) in [6, 6.07) is 0. The Bertz CT molecular complexity index is 196. The van der Waals surface area contributed by atoms with Gasteiger partial charge in [0.25, 0.3) is 0 Å². The van der Waals surface area contributed by atoms with E-state index < -0.39 is 21.3 Å². The molecule has 0 unspecified atom stereocenters. The first kappa shape index (κ1) is 14.7. The summed E-state index contributed by atoms with van der Waals surface area (Å²) in [5.74, 6) is 0. The predicted molar refractivity (Wildman–Crippen MR) is 38.9 cm³/mol. The molecular formula is C5H9F5O4Si. The van der Waals surface area contributed by atoms with Crippen molar-refractivity contribution in [3.8, 4) is 0 Å². The SMILES string of the molecule is CO[Si](OC)(OC)OC(F)(F)C(F)(F)F. The van der Waals surface area contributed by atoms with E-state index in [-0.39, 0.29) is 0 Å². The molecule has 0 atom stereocenters. The first-order valence-electron chi connectivity index (χ1n) is 3.44. The lowest BCUT2D eigenvalue weighted by Crippen LogP contribution is -2.55. The molecule has 0 aromatic heterocycles. The molecular weight excluding hydrogens is 247 g/mol. The van der Waals surface area contributed by atoms with Gasteiger partial charge < -0.3 is 13.3 Å². The Morgan fingerprint density at radius 3 is 1.33 bits per heavy atom. The lowest BCUT2D eigenvalue weighted by molar-refractivity contribution is -0.377. The van der Waals surface area contributed by atoms with Gasteiger partial charge in [-0.1, -0.05) is 0 Å². The van der Waals surface area contributed by atoms with Gasteiger partial charge in [0.1, 0.15) is 0 Å². The summed E-state index contributed by atoms with van der Waals surface area (Å²) < 4.78 is 76.4. The highest BCUT2D eigenvalue weighted by atomic mass is 28.4. The third-order valence-electron chi connectivity index (χ3n) is 1.33. The first-order chi connectivity index (χ1) is 6.64. The molecule has 0 rings (SSSR count). The van der Waals surface area contributed by atoms with Crippen molar-refractivity contribution in [3.05, 3.63) is 0 Å². The average molecular weight is 256 g/mol. The lowest BCUT2D eigenvalue weighted by Gasteiger charge is -2.28. The molecule has 0 aliphatic rings. The molecule has 0 N–H and O–H groups in total. The highest BCUT2D eigenvalue weighted by molar-refractivity contribution is 6.53. The molecule has 0 aromatic rings. The van der Waals surface area contributed by atoms with Crippen LogP contribution in [-0.2, 0) is 17.7 Å². The molecule has 0 spiro atoms. The Hall–Kier alpha value is -0.293. The maximum Gasteiger partial charge on any atom is 0.683 e. The van der Waals surface area contributed by atoms with Gasteiger partial charge in [-0.05, 0) is 0 Å². The minimum Gasteiger partial charge on any atom is -0.354 e. The topological polar surface area (TPSA) is 36.9 Å². The van der Waals surface area contributed by atoms with Crippen molar-refractivity contribution < 1.29 is 39.7 Å². The van der Waals surface area contributed by atoms with Gasteiger partial charge >= 0.3 is 21.3 Å². The first-order valence-corrected chi connectivity index (χ1v) is 5.07. The van der Waals surface area contributed by atoms with Crippen LogP contribution in [0, 0.1) is 0 Å². The second-order valence-corrected chi connectivity index (χ2v) is 4.66. The van der Waals surface area contributed by atoms with Gasteiger partial charge in [-0.25, -0.2) is 0 Å². The average Bonchev–Trinajstić information content (AvgIpc) is 2.12. The van der Waals surface area contributed by atoms with Crippen LogP contribution >= 0.6 is 0 Å². The summed E-state index contributed by atoms with van der Waals surface area (Å²) in [4.78, 5) is 0. The highest BCUT2D eigenvalue weighted by Gasteiger charge is 2.66. The van der Waals surface area contributed by atoms with Crippen LogP contribution < -0.4 is 0 Å². The van der Waals surface area contributed by atoms with E-state index >= 15 is 0 Å². The zero-order chi connectivity index (χ0) is 12.3. The minimum absolute atomic E-state index is 0.839. The van der Waals surface area contributed by atoms with Crippen LogP contribution in [0.5, 0.6) is 0 Å². The van der Waals surface area contributed by atoms with Crippen LogP contribution in [-0.4, -0.2) is 42.7 Å². The molecule has 0 heterocycles. The van der Waals surface area contributed by atoms with Crippen LogP contribution in [0.1, 0.15) is 0 Å². The molecule has 0 amide bonds. The fourth-order valence-corrected chi connectivity index (χ4v) is 1.77. The third kappa shape index (κ3) is 3.34. The molecule has 0 aromatic carbocycles. The standard InChI is InChI=1S/C5H9F5O4Si/c1-11-15(12-2,13-3)14-5(9,10)4(6,7)8/h1-3H3. The Balaban J connectivity index is 4.82. The quantitative estimate of drug-likeness (QED) is 0.552. The van der Waals surface area contributed by atoms with Gasteiger partial charge in [0.15, 0.2) is 0 Å². The molecule has 0 fully saturated rings. The fourth-order valence-electron chi connectivity index (χ4n) is 0.590. The van der Waals surface area contributed by atoms with Crippen molar-refractivity contribution in [1.82, 2.24) is 0 Å². The number of halogens is 5. The van der Waals surface area contributed by atoms with Gasteiger partial charge in [-0.2, -0.15) is 22.0 Å². The predicted octanol–water partition coefficient (Wildman–Crippen LogP) is 1.53. The fraction of sp³-hybridized carbons (Fsp3) is 1.00. The molecule has 4 nitrogen and oxygen atoms in total. The summed E-state index contributed by atoms with van der Waals surface area (Å²) in [5, 5.41) is 0. The van der Waals surface area contributed by atoms with Gasteiger partial charge in [0.2, 0.25) is 0 Å². The van der Waals surface area contributed by atoms with E-state index in [1.807, 2.05) is 0 Å². The van der Waals surface area contributed by atoms with Crippen molar-refractivity contribution in [2.24, 2.45) is 0 Å². The Kier molecular flexibility index (Phi) is 4.61. The summed E-state index contributed by atoms with van der Waals surface area (Å²) >= 11 is 0. The van der Waals surface area contributed by atoms with Crippen molar-refractivity contribution in [2.75, 3.05) is 21.3 Å². The van der Waals surface area contributed by atoms with Gasteiger partial charge in [-0.3, -0.25) is 4.43 Å². The Morgan fingerprint density at radius 1 is 0.800 bits per heavy atom. The maximum atomic E-state index is 12.4. The lowest BCUT2D eigenvalue weighted by atomic mass is 10.6. The molecule has 0 aliphatic heterocycles. The van der Waals surface area contributed by atoms with E-state index in [1.54, 1.807) is 0 Å². The number of hydrogen-bond donors (Lipinski definition) is 0. The molecule has 0 radical (unpaired) electrons. The Labute approximate surface area is 83.4 Å². The molecule has 0 saturated carbocycles. The van der Waals surface area contributed by atoms with Crippen molar-refractivity contribution >= 4 is 9.05 Å². The van der Waals surface area contributed by atoms with E-state index in [0.717, 1.165) is 21.3 Å². The van der Waals surface area contributed by atoms with E-state index in [0.29, 0.717) is 0 Å². The van der Waals surface area contributed by atoms with Crippen LogP contribution in [0.15, 0.2) is 0 Å². The summed E-state index contributed by atoms with van der Waals surface area (Å²) in [6.07, 6.45) is -11.2. The monoisotopic (exact) mass is 256 g/mol. The van der Waals surface area contributed by atoms with Crippen LogP contribution in [0.25, 0.3) is 0 Å². The van der Waals surface area contributed by atoms with Crippen molar-refractivity contribution in [3.63, 3.8) is 0 Å². The van der Waals surface area contributed by atoms with E-state index in [1.165, 1.54) is 0 Å². The zero-order valence-electron chi connectivity index (χ0n) is 8.02. The molecule has 10 heteroatoms. The molecule has 0 aliphatic carbocycles. The van der Waals surface area contributed by atoms with Gasteiger partial charge in [-0.15, -0.1) is 0 Å². The molecule has 0 bridgehead atoms. The second kappa shape index (κ2) is 4.70. The van der Waals surface area contributed by atoms with Crippen LogP contribution in [0.4, 0.5) is 22.0 Å². The smallest absolute Gasteiger partial charge is 0.354 e. The van der Waals surface area contributed by atoms with E-state index in [4.69, 9.17) is 0 Å². The Morgan fingerprint density at radius 2 is 1.13 bits per heavy atom. The highest BCUT2D eigenvalue weighted by Crippen LogP contribution is 2.38. The molecule has 92 valence electrons. The molecule has 15 heavy (non-hydrogen) atoms. The largest absolute Gasteiger partial charge is 0.683 e. The third-order valence-corrected chi connectivity index (χ3v) is 3.34. The zero-order valence-corrected chi connectivity index (χ0v) is 9.02. The van der Waals surface area contributed by atoms with E-state index in [9.17, 15) is 22.0 Å². The number of hydrogen-bond acceptors (Lipinski definition) is 4. The van der Waals surface area contributed by atoms with Gasteiger partial charge in [0.05, 0.1) is 0 Å². The minimum atomic E-state index is -5.86. The van der Waals surface area contributed by atoms with E-state index in [2.05, 4.69) is 17.7 Å². The van der Waals surface area contributed by atoms with Gasteiger partial charge in [0, 0.05) is 21.3 Å². The maximum absolute atomic E-state index is 12.4. The summed E-state index contributed by atoms with van der Waals surface area (Å²) in [7, 11) is -1.92.